The number of nitrogens with zero attached hydrogens (tertiary/aromatic N) is 1. The second kappa shape index (κ2) is 7.90. The number of benzene rings is 1. The Bertz CT molecular complexity index is 897. The molecular weight excluding hydrogens is 368 g/mol. The van der Waals surface area contributed by atoms with Crippen LogP contribution in [0, 0.1) is 13.8 Å². The molecule has 1 N–H and O–H groups in total. The van der Waals surface area contributed by atoms with Gasteiger partial charge in [0.05, 0.1) is 6.54 Å². The fourth-order valence-corrected chi connectivity index (χ4v) is 6.03. The lowest BCUT2D eigenvalue weighted by Gasteiger charge is -2.25. The van der Waals surface area contributed by atoms with Crippen molar-refractivity contribution in [3.05, 3.63) is 51.9 Å². The molecule has 5 nitrogen and oxygen atoms in total. The van der Waals surface area contributed by atoms with Gasteiger partial charge in [0.2, 0.25) is 0 Å². The Hall–Kier alpha value is -1.70. The lowest BCUT2D eigenvalue weighted by molar-refractivity contribution is 0.0950. The number of carbonyl (C=O) groups excluding carboxylic acids is 1. The molecule has 7 heteroatoms. The van der Waals surface area contributed by atoms with Crippen LogP contribution >= 0.6 is 11.3 Å². The maximum atomic E-state index is 12.7. The van der Waals surface area contributed by atoms with Crippen LogP contribution in [0.4, 0.5) is 0 Å². The summed E-state index contributed by atoms with van der Waals surface area (Å²) in [5, 5.41) is 2.89. The average Bonchev–Trinajstić information content (AvgIpc) is 3.12. The van der Waals surface area contributed by atoms with Gasteiger partial charge >= 0.3 is 0 Å². The fraction of sp³-hybridized carbons (Fsp3) is 0.421. The molecular formula is C19H24N2O3S2. The maximum absolute atomic E-state index is 12.7. The first-order valence-electron chi connectivity index (χ1n) is 8.82. The van der Waals surface area contributed by atoms with Crippen molar-refractivity contribution in [3.63, 3.8) is 0 Å². The van der Waals surface area contributed by atoms with Gasteiger partial charge in [0.1, 0.15) is 4.21 Å². The van der Waals surface area contributed by atoms with Crippen molar-refractivity contribution in [2.75, 3.05) is 13.1 Å². The summed E-state index contributed by atoms with van der Waals surface area (Å²) in [6, 6.07) is 9.20. The van der Waals surface area contributed by atoms with Crippen LogP contribution in [0.15, 0.2) is 34.5 Å². The molecule has 0 aliphatic carbocycles. The topological polar surface area (TPSA) is 66.5 Å². The Morgan fingerprint density at radius 2 is 1.85 bits per heavy atom. The van der Waals surface area contributed by atoms with Crippen LogP contribution in [-0.4, -0.2) is 31.7 Å². The van der Waals surface area contributed by atoms with Gasteiger partial charge in [-0.3, -0.25) is 4.79 Å². The highest BCUT2D eigenvalue weighted by molar-refractivity contribution is 7.91. The van der Waals surface area contributed by atoms with Crippen LogP contribution in [0.25, 0.3) is 0 Å². The lowest BCUT2D eigenvalue weighted by Crippen LogP contribution is -2.35. The average molecular weight is 393 g/mol. The van der Waals surface area contributed by atoms with Crippen molar-refractivity contribution in [1.29, 1.82) is 0 Å². The summed E-state index contributed by atoms with van der Waals surface area (Å²) >= 11 is 1.23. The summed E-state index contributed by atoms with van der Waals surface area (Å²) in [6.45, 7) is 5.38. The molecule has 0 atom stereocenters. The molecule has 1 aromatic heterocycles. The predicted molar refractivity (Wildman–Crippen MR) is 104 cm³/mol. The highest BCUT2D eigenvalue weighted by atomic mass is 32.2. The standard InChI is InChI=1S/C19H24N2O3S2/c1-14-6-7-15(2)17(12-14)19(22)20-13-16-8-9-18(25-16)26(23,24)21-10-4-3-5-11-21/h6-9,12H,3-5,10-11,13H2,1-2H3,(H,20,22). The van der Waals surface area contributed by atoms with Gasteiger partial charge in [0, 0.05) is 23.5 Å². The predicted octanol–water partition coefficient (Wildman–Crippen LogP) is 3.47. The van der Waals surface area contributed by atoms with Gasteiger partial charge in [-0.1, -0.05) is 24.1 Å². The third-order valence-corrected chi connectivity index (χ3v) is 8.06. The molecule has 26 heavy (non-hydrogen) atoms. The van der Waals surface area contributed by atoms with Gasteiger partial charge in [-0.2, -0.15) is 4.31 Å². The number of piperidine rings is 1. The normalized spacial score (nSPS) is 15.8. The van der Waals surface area contributed by atoms with E-state index in [0.717, 1.165) is 35.3 Å². The summed E-state index contributed by atoms with van der Waals surface area (Å²) in [6.07, 6.45) is 2.93. The van der Waals surface area contributed by atoms with Crippen molar-refractivity contribution in [2.45, 2.75) is 43.9 Å². The van der Waals surface area contributed by atoms with Crippen LogP contribution in [0.5, 0.6) is 0 Å². The summed E-state index contributed by atoms with van der Waals surface area (Å²) < 4.78 is 27.3. The van der Waals surface area contributed by atoms with Gasteiger partial charge in [-0.05, 0) is 50.5 Å². The first-order chi connectivity index (χ1) is 12.4. The zero-order valence-electron chi connectivity index (χ0n) is 15.1. The number of sulfonamides is 1. The second-order valence-electron chi connectivity index (χ2n) is 6.69. The first-order valence-corrected chi connectivity index (χ1v) is 11.1. The largest absolute Gasteiger partial charge is 0.347 e. The number of nitrogens with one attached hydrogen (secondary N) is 1. The Kier molecular flexibility index (Phi) is 5.79. The summed E-state index contributed by atoms with van der Waals surface area (Å²) in [5.74, 6) is -0.139. The van der Waals surface area contributed by atoms with Gasteiger partial charge < -0.3 is 5.32 Å². The molecule has 140 valence electrons. The zero-order chi connectivity index (χ0) is 18.7. The fourth-order valence-electron chi connectivity index (χ4n) is 3.07. The van der Waals surface area contributed by atoms with Gasteiger partial charge in [-0.25, -0.2) is 8.42 Å². The van der Waals surface area contributed by atoms with E-state index in [0.29, 0.717) is 29.4 Å². The lowest BCUT2D eigenvalue weighted by atomic mass is 10.1. The van der Waals surface area contributed by atoms with Crippen LogP contribution in [0.1, 0.15) is 45.6 Å². The smallest absolute Gasteiger partial charge is 0.252 e. The number of carbonyl (C=O) groups is 1. The molecule has 1 saturated heterocycles. The van der Waals surface area contributed by atoms with Crippen molar-refractivity contribution < 1.29 is 13.2 Å². The summed E-state index contributed by atoms with van der Waals surface area (Å²) in [4.78, 5) is 13.2. The number of hydrogen-bond acceptors (Lipinski definition) is 4. The molecule has 1 fully saturated rings. The SMILES string of the molecule is Cc1ccc(C)c(C(=O)NCc2ccc(S(=O)(=O)N3CCCCC3)s2)c1. The number of hydrogen-bond donors (Lipinski definition) is 1. The van der Waals surface area contributed by atoms with Crippen molar-refractivity contribution in [1.82, 2.24) is 9.62 Å². The number of rotatable bonds is 5. The number of thiophene rings is 1. The minimum Gasteiger partial charge on any atom is -0.347 e. The Morgan fingerprint density at radius 3 is 2.58 bits per heavy atom. The summed E-state index contributed by atoms with van der Waals surface area (Å²) in [7, 11) is -3.41. The molecule has 0 radical (unpaired) electrons. The first kappa shape index (κ1) is 19.1. The molecule has 2 heterocycles. The molecule has 0 saturated carbocycles. The molecule has 1 aliphatic rings. The Labute approximate surface area is 159 Å². The van der Waals surface area contributed by atoms with Crippen molar-refractivity contribution in [3.8, 4) is 0 Å². The Morgan fingerprint density at radius 1 is 1.12 bits per heavy atom. The van der Waals surface area contributed by atoms with Crippen LogP contribution < -0.4 is 5.32 Å². The van der Waals surface area contributed by atoms with E-state index in [-0.39, 0.29) is 5.91 Å². The number of amides is 1. The van der Waals surface area contributed by atoms with E-state index in [9.17, 15) is 13.2 Å². The molecule has 2 aromatic rings. The van der Waals surface area contributed by atoms with Gasteiger partial charge in [0.25, 0.3) is 15.9 Å². The molecule has 1 amide bonds. The maximum Gasteiger partial charge on any atom is 0.252 e. The van der Waals surface area contributed by atoms with E-state index in [2.05, 4.69) is 5.32 Å². The van der Waals surface area contributed by atoms with Gasteiger partial charge in [-0.15, -0.1) is 11.3 Å². The van der Waals surface area contributed by atoms with E-state index in [1.165, 1.54) is 11.3 Å². The monoisotopic (exact) mass is 392 g/mol. The number of aryl methyl sites for hydroxylation is 2. The molecule has 0 bridgehead atoms. The second-order valence-corrected chi connectivity index (χ2v) is 10.0. The van der Waals surface area contributed by atoms with E-state index in [1.54, 1.807) is 16.4 Å². The van der Waals surface area contributed by atoms with E-state index >= 15 is 0 Å². The molecule has 1 aromatic carbocycles. The highest BCUT2D eigenvalue weighted by Crippen LogP contribution is 2.27. The van der Waals surface area contributed by atoms with Crippen LogP contribution in [-0.2, 0) is 16.6 Å². The molecule has 3 rings (SSSR count). The minimum atomic E-state index is -3.41. The van der Waals surface area contributed by atoms with Crippen LogP contribution in [0.3, 0.4) is 0 Å². The minimum absolute atomic E-state index is 0.139. The summed E-state index contributed by atoms with van der Waals surface area (Å²) in [5.41, 5.74) is 2.61. The zero-order valence-corrected chi connectivity index (χ0v) is 16.8. The Balaban J connectivity index is 1.67. The van der Waals surface area contributed by atoms with E-state index in [4.69, 9.17) is 0 Å². The van der Waals surface area contributed by atoms with E-state index in [1.807, 2.05) is 32.0 Å². The molecule has 0 unspecified atom stereocenters. The molecule has 0 spiro atoms. The third-order valence-electron chi connectivity index (χ3n) is 4.61. The third kappa shape index (κ3) is 4.16. The van der Waals surface area contributed by atoms with Crippen molar-refractivity contribution >= 4 is 27.3 Å². The van der Waals surface area contributed by atoms with Crippen LogP contribution in [0.2, 0.25) is 0 Å². The van der Waals surface area contributed by atoms with Gasteiger partial charge in [0.15, 0.2) is 0 Å². The quantitative estimate of drug-likeness (QED) is 0.847. The highest BCUT2D eigenvalue weighted by Gasteiger charge is 2.27. The van der Waals surface area contributed by atoms with Crippen molar-refractivity contribution in [2.24, 2.45) is 0 Å². The molecule has 1 aliphatic heterocycles. The van der Waals surface area contributed by atoms with E-state index < -0.39 is 10.0 Å².